The summed E-state index contributed by atoms with van der Waals surface area (Å²) in [6.07, 6.45) is 0. The lowest BCUT2D eigenvalue weighted by Gasteiger charge is -2.03. The Bertz CT molecular complexity index is 345. The van der Waals surface area contributed by atoms with Crippen molar-refractivity contribution in [1.29, 1.82) is 0 Å². The molecule has 6 heteroatoms. The van der Waals surface area contributed by atoms with Crippen molar-refractivity contribution in [2.75, 3.05) is 13.0 Å². The molecule has 0 spiro atoms. The van der Waals surface area contributed by atoms with Gasteiger partial charge < -0.3 is 4.74 Å². The Hall–Kier alpha value is -0.750. The summed E-state index contributed by atoms with van der Waals surface area (Å²) >= 11 is 4.48. The van der Waals surface area contributed by atoms with Gasteiger partial charge in [-0.15, -0.1) is 0 Å². The van der Waals surface area contributed by atoms with Crippen LogP contribution in [-0.2, 0) is 0 Å². The van der Waals surface area contributed by atoms with Crippen molar-refractivity contribution in [3.8, 4) is 5.75 Å². The SMILES string of the molecule is COc1ccc(SC[N+](=O)[O-])cc1Br. The van der Waals surface area contributed by atoms with Crippen LogP contribution in [0.25, 0.3) is 0 Å². The predicted octanol–water partition coefficient (Wildman–Crippen LogP) is 2.78. The fraction of sp³-hybridized carbons (Fsp3) is 0.250. The number of hydrogen-bond acceptors (Lipinski definition) is 4. The predicted molar refractivity (Wildman–Crippen MR) is 58.4 cm³/mol. The number of benzene rings is 1. The smallest absolute Gasteiger partial charge is 0.253 e. The molecule has 0 radical (unpaired) electrons. The maximum absolute atomic E-state index is 10.1. The second kappa shape index (κ2) is 5.21. The van der Waals surface area contributed by atoms with Gasteiger partial charge in [-0.3, -0.25) is 10.1 Å². The minimum Gasteiger partial charge on any atom is -0.496 e. The summed E-state index contributed by atoms with van der Waals surface area (Å²) in [6, 6.07) is 5.36. The lowest BCUT2D eigenvalue weighted by atomic mass is 10.3. The molecule has 0 heterocycles. The van der Waals surface area contributed by atoms with Crippen LogP contribution in [0.2, 0.25) is 0 Å². The maximum Gasteiger partial charge on any atom is 0.253 e. The molecule has 0 fully saturated rings. The summed E-state index contributed by atoms with van der Waals surface area (Å²) in [5.41, 5.74) is 0. The molecule has 0 N–H and O–H groups in total. The zero-order valence-electron chi connectivity index (χ0n) is 7.40. The van der Waals surface area contributed by atoms with Crippen molar-refractivity contribution in [3.05, 3.63) is 32.8 Å². The first-order valence-corrected chi connectivity index (χ1v) is 5.49. The van der Waals surface area contributed by atoms with Crippen LogP contribution in [0.15, 0.2) is 27.6 Å². The summed E-state index contributed by atoms with van der Waals surface area (Å²) in [7, 11) is 1.57. The Balaban J connectivity index is 2.71. The second-order valence-electron chi connectivity index (χ2n) is 2.40. The van der Waals surface area contributed by atoms with Crippen LogP contribution in [0, 0.1) is 10.1 Å². The first-order chi connectivity index (χ1) is 6.63. The molecular weight excluding hydrogens is 270 g/mol. The van der Waals surface area contributed by atoms with E-state index in [-0.39, 0.29) is 10.8 Å². The van der Waals surface area contributed by atoms with E-state index in [9.17, 15) is 10.1 Å². The van der Waals surface area contributed by atoms with Gasteiger partial charge in [-0.1, -0.05) is 0 Å². The van der Waals surface area contributed by atoms with Gasteiger partial charge in [0.25, 0.3) is 5.88 Å². The molecule has 0 saturated heterocycles. The molecule has 0 aliphatic carbocycles. The average Bonchev–Trinajstić information content (AvgIpc) is 2.15. The number of hydrogen-bond donors (Lipinski definition) is 0. The van der Waals surface area contributed by atoms with Crippen LogP contribution in [0.4, 0.5) is 0 Å². The molecule has 14 heavy (non-hydrogen) atoms. The van der Waals surface area contributed by atoms with E-state index in [1.165, 1.54) is 11.8 Å². The van der Waals surface area contributed by atoms with Crippen molar-refractivity contribution >= 4 is 27.7 Å². The van der Waals surface area contributed by atoms with Crippen LogP contribution < -0.4 is 4.74 Å². The van der Waals surface area contributed by atoms with Gasteiger partial charge in [0.15, 0.2) is 0 Å². The van der Waals surface area contributed by atoms with Crippen LogP contribution in [0.5, 0.6) is 5.75 Å². The fourth-order valence-corrected chi connectivity index (χ4v) is 2.18. The molecule has 0 aliphatic heterocycles. The number of rotatable bonds is 4. The minimum atomic E-state index is -0.358. The summed E-state index contributed by atoms with van der Waals surface area (Å²) in [6.45, 7) is 0. The first-order valence-electron chi connectivity index (χ1n) is 3.71. The first kappa shape index (κ1) is 11.3. The van der Waals surface area contributed by atoms with E-state index in [4.69, 9.17) is 4.74 Å². The molecule has 0 amide bonds. The normalized spacial score (nSPS) is 9.86. The highest BCUT2D eigenvalue weighted by atomic mass is 79.9. The van der Waals surface area contributed by atoms with Crippen LogP contribution in [0.1, 0.15) is 0 Å². The van der Waals surface area contributed by atoms with E-state index in [0.717, 1.165) is 15.1 Å². The molecule has 76 valence electrons. The van der Waals surface area contributed by atoms with E-state index >= 15 is 0 Å². The van der Waals surface area contributed by atoms with Crippen molar-refractivity contribution in [1.82, 2.24) is 0 Å². The van der Waals surface area contributed by atoms with Crippen molar-refractivity contribution < 1.29 is 9.66 Å². The Morgan fingerprint density at radius 3 is 2.86 bits per heavy atom. The van der Waals surface area contributed by atoms with Gasteiger partial charge in [-0.05, 0) is 45.9 Å². The third kappa shape index (κ3) is 3.19. The van der Waals surface area contributed by atoms with Crippen molar-refractivity contribution in [2.45, 2.75) is 4.90 Å². The van der Waals surface area contributed by atoms with Crippen LogP contribution in [-0.4, -0.2) is 17.9 Å². The van der Waals surface area contributed by atoms with E-state index in [0.29, 0.717) is 0 Å². The van der Waals surface area contributed by atoms with Gasteiger partial charge in [0, 0.05) is 9.82 Å². The van der Waals surface area contributed by atoms with Crippen molar-refractivity contribution in [2.24, 2.45) is 0 Å². The van der Waals surface area contributed by atoms with Gasteiger partial charge in [0.2, 0.25) is 0 Å². The lowest BCUT2D eigenvalue weighted by Crippen LogP contribution is -1.95. The molecule has 0 bridgehead atoms. The van der Waals surface area contributed by atoms with E-state index in [1.54, 1.807) is 25.3 Å². The number of nitro groups is 1. The number of nitrogens with zero attached hydrogens (tertiary/aromatic N) is 1. The number of ether oxygens (including phenoxy) is 1. The summed E-state index contributed by atoms with van der Waals surface area (Å²) in [5, 5.41) is 10.1. The molecule has 4 nitrogen and oxygen atoms in total. The molecule has 0 aromatic heterocycles. The highest BCUT2D eigenvalue weighted by Gasteiger charge is 2.04. The van der Waals surface area contributed by atoms with Crippen LogP contribution in [0.3, 0.4) is 0 Å². The Kier molecular flexibility index (Phi) is 4.21. The molecule has 0 unspecified atom stereocenters. The molecule has 1 aromatic carbocycles. The monoisotopic (exact) mass is 277 g/mol. The van der Waals surface area contributed by atoms with Crippen LogP contribution >= 0.6 is 27.7 Å². The number of thioether (sulfide) groups is 1. The van der Waals surface area contributed by atoms with E-state index in [2.05, 4.69) is 15.9 Å². The van der Waals surface area contributed by atoms with Gasteiger partial charge >= 0.3 is 0 Å². The van der Waals surface area contributed by atoms with Gasteiger partial charge in [-0.25, -0.2) is 0 Å². The summed E-state index contributed by atoms with van der Waals surface area (Å²) in [4.78, 5) is 10.6. The highest BCUT2D eigenvalue weighted by molar-refractivity contribution is 9.10. The largest absolute Gasteiger partial charge is 0.496 e. The van der Waals surface area contributed by atoms with Gasteiger partial charge in [0.1, 0.15) is 5.75 Å². The van der Waals surface area contributed by atoms with E-state index < -0.39 is 0 Å². The zero-order valence-corrected chi connectivity index (χ0v) is 9.80. The molecule has 0 saturated carbocycles. The summed E-state index contributed by atoms with van der Waals surface area (Å²) in [5.74, 6) is 0.592. The van der Waals surface area contributed by atoms with Gasteiger partial charge in [-0.2, -0.15) is 0 Å². The topological polar surface area (TPSA) is 52.4 Å². The Labute approximate surface area is 93.9 Å². The molecule has 1 aromatic rings. The molecular formula is C8H8BrNO3S. The third-order valence-corrected chi connectivity index (χ3v) is 3.01. The number of halogens is 1. The molecule has 0 atom stereocenters. The lowest BCUT2D eigenvalue weighted by molar-refractivity contribution is -0.456. The zero-order chi connectivity index (χ0) is 10.6. The Morgan fingerprint density at radius 2 is 2.36 bits per heavy atom. The molecule has 1 rings (SSSR count). The number of methoxy groups -OCH3 is 1. The fourth-order valence-electron chi connectivity index (χ4n) is 0.864. The van der Waals surface area contributed by atoms with Gasteiger partial charge in [0.05, 0.1) is 11.6 Å². The third-order valence-electron chi connectivity index (χ3n) is 1.46. The highest BCUT2D eigenvalue weighted by Crippen LogP contribution is 2.29. The summed E-state index contributed by atoms with van der Waals surface area (Å²) < 4.78 is 5.83. The van der Waals surface area contributed by atoms with Crippen molar-refractivity contribution in [3.63, 3.8) is 0 Å². The minimum absolute atomic E-state index is 0.126. The quantitative estimate of drug-likeness (QED) is 0.368. The second-order valence-corrected chi connectivity index (χ2v) is 4.28. The van der Waals surface area contributed by atoms with E-state index in [1.807, 2.05) is 0 Å². The average molecular weight is 278 g/mol. The maximum atomic E-state index is 10.1. The molecule has 0 aliphatic rings. The standard InChI is InChI=1S/C8H8BrNO3S/c1-13-8-3-2-6(4-7(8)9)14-5-10(11)12/h2-4H,5H2,1H3. The Morgan fingerprint density at radius 1 is 1.64 bits per heavy atom.